The molecule has 0 amide bonds. The Balaban J connectivity index is 2.14. The summed E-state index contributed by atoms with van der Waals surface area (Å²) in [5, 5.41) is 9.19. The number of nitriles is 1. The van der Waals surface area contributed by atoms with E-state index in [0.717, 1.165) is 16.6 Å². The molecule has 0 radical (unpaired) electrons. The number of esters is 1. The molecule has 0 saturated heterocycles. The summed E-state index contributed by atoms with van der Waals surface area (Å²) in [4.78, 5) is 16.2. The molecule has 0 unspecified atom stereocenters. The average Bonchev–Trinajstić information content (AvgIpc) is 2.97. The van der Waals surface area contributed by atoms with Gasteiger partial charge in [-0.25, -0.2) is 9.78 Å². The Bertz CT molecular complexity index is 950. The van der Waals surface area contributed by atoms with Crippen molar-refractivity contribution in [3.05, 3.63) is 71.6 Å². The fraction of sp³-hybridized carbons (Fsp3) is 0.105. The fourth-order valence-electron chi connectivity index (χ4n) is 2.51. The number of rotatable bonds is 4. The second-order valence-electron chi connectivity index (χ2n) is 5.19. The van der Waals surface area contributed by atoms with Gasteiger partial charge in [-0.2, -0.15) is 5.26 Å². The van der Waals surface area contributed by atoms with Crippen molar-refractivity contribution in [2.75, 3.05) is 7.11 Å². The van der Waals surface area contributed by atoms with Gasteiger partial charge >= 0.3 is 5.97 Å². The fourth-order valence-corrected chi connectivity index (χ4v) is 2.51. The van der Waals surface area contributed by atoms with Crippen LogP contribution in [0.2, 0.25) is 0 Å². The quantitative estimate of drug-likeness (QED) is 0.421. The van der Waals surface area contributed by atoms with Gasteiger partial charge in [-0.3, -0.25) is 0 Å². The Morgan fingerprint density at radius 2 is 1.92 bits per heavy atom. The molecule has 1 heterocycles. The first-order valence-electron chi connectivity index (χ1n) is 7.42. The molecule has 0 fully saturated rings. The predicted molar refractivity (Wildman–Crippen MR) is 90.9 cm³/mol. The highest BCUT2D eigenvalue weighted by molar-refractivity contribution is 5.97. The van der Waals surface area contributed by atoms with Gasteiger partial charge in [0.1, 0.15) is 17.5 Å². The van der Waals surface area contributed by atoms with E-state index in [1.54, 1.807) is 0 Å². The number of nitrogens with zero attached hydrogens (tertiary/aromatic N) is 3. The van der Waals surface area contributed by atoms with Gasteiger partial charge in [0.25, 0.3) is 0 Å². The number of methoxy groups -OCH3 is 1. The van der Waals surface area contributed by atoms with Gasteiger partial charge in [-0.1, -0.05) is 42.5 Å². The minimum atomic E-state index is -0.671. The number of aromatic nitrogens is 2. The summed E-state index contributed by atoms with van der Waals surface area (Å²) < 4.78 is 6.62. The van der Waals surface area contributed by atoms with E-state index < -0.39 is 5.97 Å². The third-order valence-electron chi connectivity index (χ3n) is 3.67. The monoisotopic (exact) mass is 317 g/mol. The molecule has 0 aliphatic heterocycles. The lowest BCUT2D eigenvalue weighted by Crippen LogP contribution is -2.06. The van der Waals surface area contributed by atoms with Crippen LogP contribution in [-0.2, 0) is 16.1 Å². The number of carbonyl (C=O) groups is 1. The predicted octanol–water partition coefficient (Wildman–Crippen LogP) is 3.16. The number of fused-ring (bicyclic) bond motifs is 1. The zero-order chi connectivity index (χ0) is 16.9. The molecular formula is C19H15N3O2. The van der Waals surface area contributed by atoms with Crippen molar-refractivity contribution >= 4 is 23.1 Å². The summed E-state index contributed by atoms with van der Waals surface area (Å²) >= 11 is 0. The second-order valence-corrected chi connectivity index (χ2v) is 5.19. The zero-order valence-corrected chi connectivity index (χ0v) is 13.1. The van der Waals surface area contributed by atoms with E-state index in [1.165, 1.54) is 13.2 Å². The molecular weight excluding hydrogens is 302 g/mol. The molecule has 0 aliphatic carbocycles. The van der Waals surface area contributed by atoms with Gasteiger partial charge < -0.3 is 9.30 Å². The maximum atomic E-state index is 11.7. The highest BCUT2D eigenvalue weighted by Crippen LogP contribution is 2.20. The van der Waals surface area contributed by atoms with Crippen LogP contribution in [0.15, 0.2) is 60.2 Å². The molecule has 2 aromatic carbocycles. The summed E-state index contributed by atoms with van der Waals surface area (Å²) in [5.74, 6) is -0.127. The van der Waals surface area contributed by atoms with Gasteiger partial charge in [0, 0.05) is 12.6 Å². The van der Waals surface area contributed by atoms with Crippen molar-refractivity contribution in [3.63, 3.8) is 0 Å². The van der Waals surface area contributed by atoms with Crippen LogP contribution in [0.25, 0.3) is 17.1 Å². The van der Waals surface area contributed by atoms with Crippen LogP contribution in [-0.4, -0.2) is 22.6 Å². The van der Waals surface area contributed by atoms with Crippen LogP contribution in [0.4, 0.5) is 0 Å². The van der Waals surface area contributed by atoms with Crippen molar-refractivity contribution < 1.29 is 9.53 Å². The van der Waals surface area contributed by atoms with Crippen LogP contribution in [0, 0.1) is 11.3 Å². The lowest BCUT2D eigenvalue weighted by Gasteiger charge is -2.07. The van der Waals surface area contributed by atoms with Crippen LogP contribution >= 0.6 is 0 Å². The molecule has 0 aliphatic rings. The summed E-state index contributed by atoms with van der Waals surface area (Å²) in [6, 6.07) is 19.5. The minimum Gasteiger partial charge on any atom is -0.465 e. The third-order valence-corrected chi connectivity index (χ3v) is 3.67. The van der Waals surface area contributed by atoms with E-state index in [0.29, 0.717) is 12.4 Å². The summed E-state index contributed by atoms with van der Waals surface area (Å²) in [6.07, 6.45) is 1.47. The number of hydrogen-bond donors (Lipinski definition) is 0. The number of para-hydroxylation sites is 2. The van der Waals surface area contributed by atoms with E-state index >= 15 is 0 Å². The second kappa shape index (κ2) is 6.80. The molecule has 0 N–H and O–H groups in total. The number of ether oxygens (including phenoxy) is 1. The SMILES string of the molecule is COC(=O)C(C#N)=Cc1nc2ccccc2n1Cc1ccccc1. The van der Waals surface area contributed by atoms with Crippen molar-refractivity contribution in [1.29, 1.82) is 5.26 Å². The molecule has 3 aromatic rings. The van der Waals surface area contributed by atoms with Crippen molar-refractivity contribution in [2.45, 2.75) is 6.54 Å². The maximum Gasteiger partial charge on any atom is 0.348 e. The number of carbonyl (C=O) groups excluding carboxylic acids is 1. The van der Waals surface area contributed by atoms with Gasteiger partial charge in [0.2, 0.25) is 0 Å². The largest absolute Gasteiger partial charge is 0.465 e. The van der Waals surface area contributed by atoms with Gasteiger partial charge in [-0.05, 0) is 17.7 Å². The van der Waals surface area contributed by atoms with Crippen LogP contribution in [0.1, 0.15) is 11.4 Å². The molecule has 0 spiro atoms. The standard InChI is InChI=1S/C19H15N3O2/c1-24-19(23)15(12-20)11-18-21-16-9-5-6-10-17(16)22(18)13-14-7-3-2-4-8-14/h2-11H,13H2,1H3. The van der Waals surface area contributed by atoms with Crippen LogP contribution < -0.4 is 0 Å². The molecule has 5 heteroatoms. The first-order chi connectivity index (χ1) is 11.7. The summed E-state index contributed by atoms with van der Waals surface area (Å²) in [7, 11) is 1.25. The Labute approximate surface area is 139 Å². The minimum absolute atomic E-state index is 0.0814. The van der Waals surface area contributed by atoms with Crippen LogP contribution in [0.3, 0.4) is 0 Å². The van der Waals surface area contributed by atoms with E-state index in [1.807, 2.05) is 65.2 Å². The van der Waals surface area contributed by atoms with Crippen molar-refractivity contribution in [3.8, 4) is 6.07 Å². The van der Waals surface area contributed by atoms with Crippen molar-refractivity contribution in [2.24, 2.45) is 0 Å². The first-order valence-corrected chi connectivity index (χ1v) is 7.42. The van der Waals surface area contributed by atoms with E-state index in [9.17, 15) is 10.1 Å². The van der Waals surface area contributed by atoms with Gasteiger partial charge in [0.15, 0.2) is 0 Å². The Kier molecular flexibility index (Phi) is 4.39. The highest BCUT2D eigenvalue weighted by atomic mass is 16.5. The summed E-state index contributed by atoms with van der Waals surface area (Å²) in [6.45, 7) is 0.590. The molecule has 3 rings (SSSR count). The number of imidazole rings is 1. The zero-order valence-electron chi connectivity index (χ0n) is 13.1. The third kappa shape index (κ3) is 3.03. The first kappa shape index (κ1) is 15.5. The van der Waals surface area contributed by atoms with E-state index in [4.69, 9.17) is 0 Å². The van der Waals surface area contributed by atoms with E-state index in [-0.39, 0.29) is 5.57 Å². The molecule has 1 aromatic heterocycles. The number of benzene rings is 2. The lowest BCUT2D eigenvalue weighted by atomic mass is 10.2. The molecule has 5 nitrogen and oxygen atoms in total. The molecule has 0 saturated carbocycles. The average molecular weight is 317 g/mol. The van der Waals surface area contributed by atoms with Crippen LogP contribution in [0.5, 0.6) is 0 Å². The molecule has 118 valence electrons. The van der Waals surface area contributed by atoms with Gasteiger partial charge in [-0.15, -0.1) is 0 Å². The Morgan fingerprint density at radius 1 is 1.21 bits per heavy atom. The van der Waals surface area contributed by atoms with Gasteiger partial charge in [0.05, 0.1) is 18.1 Å². The molecule has 0 bridgehead atoms. The topological polar surface area (TPSA) is 67.9 Å². The Morgan fingerprint density at radius 3 is 2.62 bits per heavy atom. The summed E-state index contributed by atoms with van der Waals surface area (Å²) in [5.41, 5.74) is 2.77. The lowest BCUT2D eigenvalue weighted by molar-refractivity contribution is -0.135. The van der Waals surface area contributed by atoms with Crippen molar-refractivity contribution in [1.82, 2.24) is 9.55 Å². The molecule has 0 atom stereocenters. The smallest absolute Gasteiger partial charge is 0.348 e. The highest BCUT2D eigenvalue weighted by Gasteiger charge is 2.14. The maximum absolute atomic E-state index is 11.7. The Hall–Kier alpha value is -3.39. The number of hydrogen-bond acceptors (Lipinski definition) is 4. The normalized spacial score (nSPS) is 11.2. The van der Waals surface area contributed by atoms with E-state index in [2.05, 4.69) is 9.72 Å². The molecule has 24 heavy (non-hydrogen) atoms.